The van der Waals surface area contributed by atoms with Crippen molar-refractivity contribution in [2.45, 2.75) is 70.3 Å². The van der Waals surface area contributed by atoms with E-state index in [-0.39, 0.29) is 12.3 Å². The highest BCUT2D eigenvalue weighted by Gasteiger charge is 2.32. The number of nitrogens with two attached hydrogens (primary N) is 1. The van der Waals surface area contributed by atoms with Crippen LogP contribution in [0.1, 0.15) is 39.3 Å². The van der Waals surface area contributed by atoms with Gasteiger partial charge in [0.1, 0.15) is 12.1 Å². The van der Waals surface area contributed by atoms with E-state index in [0.29, 0.717) is 24.3 Å². The van der Waals surface area contributed by atoms with Gasteiger partial charge in [-0.05, 0) is 31.3 Å². The van der Waals surface area contributed by atoms with Gasteiger partial charge in [0.15, 0.2) is 6.04 Å². The number of rotatable bonds is 15. The Kier molecular flexibility index (Phi) is 12.6. The molecule has 1 rings (SSSR count). The maximum absolute atomic E-state index is 13.1. The topological polar surface area (TPSA) is 200 Å². The zero-order chi connectivity index (χ0) is 25.8. The van der Waals surface area contributed by atoms with Crippen molar-refractivity contribution in [1.82, 2.24) is 25.9 Å². The molecular weight excluding hydrogens is 464 g/mol. The summed E-state index contributed by atoms with van der Waals surface area (Å²) < 4.78 is 0. The molecule has 0 saturated heterocycles. The van der Waals surface area contributed by atoms with Gasteiger partial charge >= 0.3 is 5.97 Å². The van der Waals surface area contributed by atoms with Gasteiger partial charge in [0.25, 0.3) is 0 Å². The summed E-state index contributed by atoms with van der Waals surface area (Å²) in [7, 11) is 0. The number of carboxylic acid groups (broad SMARTS) is 1. The first-order chi connectivity index (χ1) is 16.0. The summed E-state index contributed by atoms with van der Waals surface area (Å²) in [5.74, 6) is -2.82. The lowest BCUT2D eigenvalue weighted by Gasteiger charge is -2.26. The number of nitrogens with zero attached hydrogens (tertiary/aromatic N) is 1. The average molecular weight is 501 g/mol. The summed E-state index contributed by atoms with van der Waals surface area (Å²) >= 11 is 1.49. The monoisotopic (exact) mass is 500 g/mol. The predicted molar refractivity (Wildman–Crippen MR) is 128 cm³/mol. The van der Waals surface area contributed by atoms with Crippen molar-refractivity contribution in [3.8, 4) is 0 Å². The average Bonchev–Trinajstić information content (AvgIpc) is 3.30. The van der Waals surface area contributed by atoms with Gasteiger partial charge in [-0.3, -0.25) is 14.4 Å². The normalized spacial score (nSPS) is 16.4. The molecule has 6 unspecified atom stereocenters. The fraction of sp³-hybridized carbons (Fsp3) is 0.667. The first-order valence-electron chi connectivity index (χ1n) is 11.0. The molecular formula is C21H36N6O6S. The fourth-order valence-electron chi connectivity index (χ4n) is 3.03. The zero-order valence-corrected chi connectivity index (χ0v) is 20.7. The molecule has 0 aliphatic rings. The lowest BCUT2D eigenvalue weighted by molar-refractivity contribution is -0.145. The summed E-state index contributed by atoms with van der Waals surface area (Å²) in [4.78, 5) is 56.7. The molecule has 192 valence electrons. The number of amides is 3. The van der Waals surface area contributed by atoms with Crippen LogP contribution < -0.4 is 21.7 Å². The number of H-pyrrole nitrogens is 1. The number of carbonyl (C=O) groups is 4. The smallest absolute Gasteiger partial charge is 0.328 e. The quantitative estimate of drug-likeness (QED) is 0.158. The van der Waals surface area contributed by atoms with Crippen molar-refractivity contribution in [2.75, 3.05) is 12.0 Å². The highest BCUT2D eigenvalue weighted by Crippen LogP contribution is 2.08. The molecule has 12 nitrogen and oxygen atoms in total. The van der Waals surface area contributed by atoms with Crippen LogP contribution in [0.5, 0.6) is 0 Å². The molecule has 6 atom stereocenters. The van der Waals surface area contributed by atoms with Gasteiger partial charge in [-0.15, -0.1) is 0 Å². The molecule has 0 spiro atoms. The number of nitrogens with one attached hydrogen (secondary N) is 4. The third-order valence-electron chi connectivity index (χ3n) is 5.46. The number of aliphatic hydroxyl groups is 1. The van der Waals surface area contributed by atoms with Crippen molar-refractivity contribution in [3.05, 3.63) is 18.2 Å². The van der Waals surface area contributed by atoms with E-state index in [2.05, 4.69) is 25.9 Å². The van der Waals surface area contributed by atoms with E-state index in [9.17, 15) is 29.4 Å². The maximum atomic E-state index is 13.1. The van der Waals surface area contributed by atoms with Crippen LogP contribution in [0.15, 0.2) is 12.5 Å². The van der Waals surface area contributed by atoms with Crippen LogP contribution in [-0.4, -0.2) is 86.2 Å². The number of aromatic amines is 1. The van der Waals surface area contributed by atoms with Gasteiger partial charge < -0.3 is 36.9 Å². The van der Waals surface area contributed by atoms with E-state index < -0.39 is 54.0 Å². The highest BCUT2D eigenvalue weighted by molar-refractivity contribution is 7.98. The lowest BCUT2D eigenvalue weighted by Crippen LogP contribution is -2.59. The summed E-state index contributed by atoms with van der Waals surface area (Å²) in [6, 6.07) is -4.49. The summed E-state index contributed by atoms with van der Waals surface area (Å²) in [5, 5.41) is 26.5. The Balaban J connectivity index is 3.05. The Labute approximate surface area is 203 Å². The Morgan fingerprint density at radius 2 is 1.74 bits per heavy atom. The van der Waals surface area contributed by atoms with Crippen molar-refractivity contribution in [1.29, 1.82) is 0 Å². The van der Waals surface area contributed by atoms with Gasteiger partial charge in [0.2, 0.25) is 17.7 Å². The van der Waals surface area contributed by atoms with Gasteiger partial charge in [0, 0.05) is 18.3 Å². The van der Waals surface area contributed by atoms with Crippen molar-refractivity contribution < 1.29 is 29.4 Å². The van der Waals surface area contributed by atoms with Crippen LogP contribution in [-0.2, 0) is 25.6 Å². The van der Waals surface area contributed by atoms with Crippen LogP contribution >= 0.6 is 11.8 Å². The Hall–Kier alpha value is -2.64. The molecule has 34 heavy (non-hydrogen) atoms. The molecule has 0 aliphatic carbocycles. The molecule has 1 aromatic heterocycles. The molecule has 3 amide bonds. The van der Waals surface area contributed by atoms with Crippen molar-refractivity contribution in [3.63, 3.8) is 0 Å². The standard InChI is InChI=1S/C21H36N6O6S/c1-5-11(2)16(22)20(31)25-14(6-7-34-4)18(29)26-15(8-13-9-23-10-24-13)19(30)27-17(12(3)28)21(32)33/h9-12,14-17,28H,5-8,22H2,1-4H3,(H,23,24)(H,25,31)(H,26,29)(H,27,30)(H,32,33). The minimum absolute atomic E-state index is 0.0146. The van der Waals surface area contributed by atoms with Crippen molar-refractivity contribution in [2.24, 2.45) is 11.7 Å². The van der Waals surface area contributed by atoms with E-state index in [1.165, 1.54) is 31.2 Å². The number of carbonyl (C=O) groups excluding carboxylic acids is 3. The number of hydrogen-bond donors (Lipinski definition) is 7. The van der Waals surface area contributed by atoms with Gasteiger partial charge in [-0.25, -0.2) is 9.78 Å². The SMILES string of the molecule is CCC(C)C(N)C(=O)NC(CCSC)C(=O)NC(Cc1cnc[nH]1)C(=O)NC(C(=O)O)C(C)O. The van der Waals surface area contributed by atoms with E-state index in [1.54, 1.807) is 0 Å². The van der Waals surface area contributed by atoms with E-state index in [4.69, 9.17) is 5.73 Å². The summed E-state index contributed by atoms with van der Waals surface area (Å²) in [5.41, 5.74) is 6.52. The van der Waals surface area contributed by atoms with E-state index in [0.717, 1.165) is 0 Å². The van der Waals surface area contributed by atoms with Gasteiger partial charge in [-0.1, -0.05) is 20.3 Å². The molecule has 1 heterocycles. The van der Waals surface area contributed by atoms with Crippen LogP contribution in [0.4, 0.5) is 0 Å². The Morgan fingerprint density at radius 3 is 2.24 bits per heavy atom. The molecule has 0 fully saturated rings. The number of hydrogen-bond acceptors (Lipinski definition) is 8. The van der Waals surface area contributed by atoms with Crippen LogP contribution in [0, 0.1) is 5.92 Å². The number of carboxylic acids is 1. The first kappa shape index (κ1) is 29.4. The minimum atomic E-state index is -1.56. The number of aliphatic hydroxyl groups excluding tert-OH is 1. The van der Waals surface area contributed by atoms with Crippen LogP contribution in [0.25, 0.3) is 0 Å². The number of thioether (sulfide) groups is 1. The van der Waals surface area contributed by atoms with Crippen molar-refractivity contribution >= 4 is 35.5 Å². The second-order valence-corrected chi connectivity index (χ2v) is 9.15. The maximum Gasteiger partial charge on any atom is 0.328 e. The molecule has 0 aromatic carbocycles. The summed E-state index contributed by atoms with van der Waals surface area (Å²) in [6.45, 7) is 4.98. The van der Waals surface area contributed by atoms with Gasteiger partial charge in [0.05, 0.1) is 18.5 Å². The number of aromatic nitrogens is 2. The van der Waals surface area contributed by atoms with Gasteiger partial charge in [-0.2, -0.15) is 11.8 Å². The second-order valence-electron chi connectivity index (χ2n) is 8.16. The molecule has 8 N–H and O–H groups in total. The Bertz CT molecular complexity index is 806. The molecule has 0 radical (unpaired) electrons. The lowest BCUT2D eigenvalue weighted by atomic mass is 9.99. The predicted octanol–water partition coefficient (Wildman–Crippen LogP) is -1.00. The van der Waals surface area contributed by atoms with Crippen LogP contribution in [0.2, 0.25) is 0 Å². The molecule has 13 heteroatoms. The summed E-state index contributed by atoms with van der Waals surface area (Å²) in [6.07, 6.45) is 4.35. The van der Waals surface area contributed by atoms with E-state index >= 15 is 0 Å². The second kappa shape index (κ2) is 14.6. The van der Waals surface area contributed by atoms with E-state index in [1.807, 2.05) is 20.1 Å². The largest absolute Gasteiger partial charge is 0.480 e. The fourth-order valence-corrected chi connectivity index (χ4v) is 3.50. The molecule has 0 aliphatic heterocycles. The van der Waals surface area contributed by atoms with Crippen LogP contribution in [0.3, 0.4) is 0 Å². The zero-order valence-electron chi connectivity index (χ0n) is 19.9. The molecule has 0 saturated carbocycles. The number of aliphatic carboxylic acids is 1. The third kappa shape index (κ3) is 9.31. The third-order valence-corrected chi connectivity index (χ3v) is 6.11. The highest BCUT2D eigenvalue weighted by atomic mass is 32.2. The number of imidazole rings is 1. The minimum Gasteiger partial charge on any atom is -0.480 e. The molecule has 1 aromatic rings. The Morgan fingerprint density at radius 1 is 1.12 bits per heavy atom. The first-order valence-corrected chi connectivity index (χ1v) is 12.4. The molecule has 0 bridgehead atoms.